The van der Waals surface area contributed by atoms with Gasteiger partial charge in [0.25, 0.3) is 11.7 Å². The molecule has 1 fully saturated rings. The van der Waals surface area contributed by atoms with Crippen LogP contribution in [0.15, 0.2) is 55.1 Å². The highest BCUT2D eigenvalue weighted by Crippen LogP contribution is 2.29. The van der Waals surface area contributed by atoms with Crippen molar-refractivity contribution < 1.29 is 18.7 Å². The molecule has 0 bridgehead atoms. The summed E-state index contributed by atoms with van der Waals surface area (Å²) < 4.78 is 21.6. The number of aromatic nitrogens is 5. The van der Waals surface area contributed by atoms with Crippen LogP contribution in [0.2, 0.25) is 0 Å². The number of benzene rings is 1. The maximum absolute atomic E-state index is 14.7. The molecule has 1 aliphatic rings. The van der Waals surface area contributed by atoms with Crippen molar-refractivity contribution in [2.45, 2.75) is 0 Å². The highest BCUT2D eigenvalue weighted by Gasteiger charge is 2.31. The molecule has 5 rings (SSSR count). The number of nitrogens with zero attached hydrogens (tertiary/aromatic N) is 7. The fourth-order valence-electron chi connectivity index (χ4n) is 4.32. The molecule has 0 radical (unpaired) electrons. The first kappa shape index (κ1) is 24.7. The molecule has 4 heterocycles. The van der Waals surface area contributed by atoms with Gasteiger partial charge in [-0.3, -0.25) is 14.6 Å². The Labute approximate surface area is 216 Å². The Kier molecular flexibility index (Phi) is 6.62. The van der Waals surface area contributed by atoms with Gasteiger partial charge in [-0.05, 0) is 12.1 Å². The minimum absolute atomic E-state index is 0.0732. The van der Waals surface area contributed by atoms with E-state index >= 15 is 0 Å². The number of hydrogen-bond donors (Lipinski definition) is 3. The van der Waals surface area contributed by atoms with Crippen molar-refractivity contribution in [3.05, 3.63) is 66.5 Å². The van der Waals surface area contributed by atoms with Gasteiger partial charge in [0.05, 0.1) is 35.5 Å². The van der Waals surface area contributed by atoms with Crippen LogP contribution in [-0.4, -0.2) is 74.6 Å². The highest BCUT2D eigenvalue weighted by atomic mass is 19.1. The van der Waals surface area contributed by atoms with E-state index in [1.165, 1.54) is 30.6 Å². The molecule has 3 aromatic heterocycles. The quantitative estimate of drug-likeness (QED) is 0.138. The smallest absolute Gasteiger partial charge is 0.337 e. The molecule has 1 aliphatic heterocycles. The van der Waals surface area contributed by atoms with Crippen molar-refractivity contribution in [1.29, 1.82) is 0 Å². The van der Waals surface area contributed by atoms with E-state index in [0.717, 1.165) is 16.9 Å². The fourth-order valence-corrected chi connectivity index (χ4v) is 4.32. The maximum Gasteiger partial charge on any atom is 0.337 e. The number of rotatable bonds is 7. The number of pyridine rings is 1. The molecular formula is C24H25FN10O3. The molecule has 14 heteroatoms. The van der Waals surface area contributed by atoms with Crippen molar-refractivity contribution in [2.75, 3.05) is 43.2 Å². The van der Waals surface area contributed by atoms with Crippen LogP contribution in [-0.2, 0) is 4.79 Å². The van der Waals surface area contributed by atoms with Gasteiger partial charge < -0.3 is 25.3 Å². The fraction of sp³-hybridized carbons (Fsp3) is 0.208. The third kappa shape index (κ3) is 4.37. The lowest BCUT2D eigenvalue weighted by Crippen LogP contribution is -2.51. The average Bonchev–Trinajstić information content (AvgIpc) is 3.59. The summed E-state index contributed by atoms with van der Waals surface area (Å²) in [5, 5.41) is 5.40. The van der Waals surface area contributed by atoms with Gasteiger partial charge in [-0.25, -0.2) is 15.2 Å². The molecule has 0 atom stereocenters. The minimum Gasteiger partial charge on any atom is -0.466 e. The first-order valence-electron chi connectivity index (χ1n) is 11.7. The Morgan fingerprint density at radius 3 is 2.61 bits per heavy atom. The van der Waals surface area contributed by atoms with Gasteiger partial charge >= 0.3 is 6.01 Å². The van der Waals surface area contributed by atoms with Crippen molar-refractivity contribution in [2.24, 2.45) is 11.6 Å². The molecule has 1 saturated heterocycles. The number of para-hydroxylation sites is 1. The first-order chi connectivity index (χ1) is 18.4. The number of nitrogens with one attached hydrogen (secondary N) is 1. The lowest BCUT2D eigenvalue weighted by molar-refractivity contribution is -0.126. The molecule has 4 aromatic rings. The lowest BCUT2D eigenvalue weighted by atomic mass is 10.1. The van der Waals surface area contributed by atoms with Crippen molar-refractivity contribution >= 4 is 34.4 Å². The van der Waals surface area contributed by atoms with Crippen LogP contribution >= 0.6 is 0 Å². The molecule has 1 aromatic carbocycles. The van der Waals surface area contributed by atoms with Gasteiger partial charge in [0.15, 0.2) is 11.6 Å². The number of carbonyl (C=O) groups excluding carboxylic acids is 2. The van der Waals surface area contributed by atoms with Crippen molar-refractivity contribution in [3.8, 4) is 11.7 Å². The van der Waals surface area contributed by atoms with E-state index in [1.807, 2.05) is 35.2 Å². The van der Waals surface area contributed by atoms with Crippen LogP contribution in [0.1, 0.15) is 10.4 Å². The molecule has 0 saturated carbocycles. The number of halogens is 1. The Bertz CT molecular complexity index is 1510. The second kappa shape index (κ2) is 10.2. The maximum atomic E-state index is 14.7. The number of fused-ring (bicyclic) bond motifs is 1. The number of carbonyl (C=O) groups is 2. The standard InChI is InChI=1S/C24H25FN10O3/c1-38-23-30-24(35(31-23)15-5-3-2-4-6-15)33-11-9-32(10-12-33)22(37)20(36)16-13-28-19-18(16)17(25)14-29-21(19)34(27)8-7-26/h2-8,13-14,28H,9-12,26-27H2,1H3/b8-7-. The zero-order chi connectivity index (χ0) is 26.8. The Morgan fingerprint density at radius 1 is 1.18 bits per heavy atom. The number of ketones is 1. The number of hydrogen-bond acceptors (Lipinski definition) is 10. The van der Waals surface area contributed by atoms with Gasteiger partial charge in [0.1, 0.15) is 0 Å². The largest absolute Gasteiger partial charge is 0.466 e. The van der Waals surface area contributed by atoms with E-state index in [0.29, 0.717) is 19.0 Å². The molecule has 0 spiro atoms. The van der Waals surface area contributed by atoms with E-state index in [9.17, 15) is 14.0 Å². The third-order valence-electron chi connectivity index (χ3n) is 6.18. The second-order valence-electron chi connectivity index (χ2n) is 8.39. The molecule has 0 aliphatic carbocycles. The number of anilines is 2. The van der Waals surface area contributed by atoms with Gasteiger partial charge in [-0.2, -0.15) is 9.67 Å². The van der Waals surface area contributed by atoms with Crippen LogP contribution < -0.4 is 26.2 Å². The molecule has 196 valence electrons. The predicted octanol–water partition coefficient (Wildman–Crippen LogP) is 0.933. The number of Topliss-reactive ketones (excluding diaryl/α,β-unsaturated/α-hetero) is 1. The molecule has 1 amide bonds. The number of H-pyrrole nitrogens is 1. The number of amides is 1. The predicted molar refractivity (Wildman–Crippen MR) is 137 cm³/mol. The Morgan fingerprint density at radius 2 is 1.92 bits per heavy atom. The van der Waals surface area contributed by atoms with Crippen LogP contribution in [0, 0.1) is 5.82 Å². The summed E-state index contributed by atoms with van der Waals surface area (Å²) in [7, 11) is 1.49. The normalized spacial score (nSPS) is 13.9. The zero-order valence-electron chi connectivity index (χ0n) is 20.4. The summed E-state index contributed by atoms with van der Waals surface area (Å²) in [5.74, 6) is 4.24. The van der Waals surface area contributed by atoms with Crippen molar-refractivity contribution in [1.82, 2.24) is 29.6 Å². The van der Waals surface area contributed by atoms with Crippen LogP contribution in [0.25, 0.3) is 16.6 Å². The van der Waals surface area contributed by atoms with E-state index < -0.39 is 17.5 Å². The summed E-state index contributed by atoms with van der Waals surface area (Å²) in [6, 6.07) is 9.69. The van der Waals surface area contributed by atoms with Crippen LogP contribution in [0.3, 0.4) is 0 Å². The SMILES string of the molecule is COc1nc(N2CCN(C(=O)C(=O)c3c[nH]c4c(N(N)/C=C\N)ncc(F)c34)CC2)n(-c2ccccc2)n1. The number of aromatic amines is 1. The summed E-state index contributed by atoms with van der Waals surface area (Å²) >= 11 is 0. The number of ether oxygens (including phenoxy) is 1. The first-order valence-corrected chi connectivity index (χ1v) is 11.7. The van der Waals surface area contributed by atoms with Gasteiger partial charge in [0, 0.05) is 44.8 Å². The molecular weight excluding hydrogens is 495 g/mol. The van der Waals surface area contributed by atoms with Gasteiger partial charge in [0.2, 0.25) is 5.95 Å². The summed E-state index contributed by atoms with van der Waals surface area (Å²) in [4.78, 5) is 40.9. The summed E-state index contributed by atoms with van der Waals surface area (Å²) in [6.45, 7) is 1.31. The average molecular weight is 521 g/mol. The zero-order valence-corrected chi connectivity index (χ0v) is 20.4. The highest BCUT2D eigenvalue weighted by molar-refractivity contribution is 6.45. The number of nitrogens with two attached hydrogens (primary N) is 2. The van der Waals surface area contributed by atoms with E-state index in [2.05, 4.69) is 20.1 Å². The topological polar surface area (TPSA) is 165 Å². The van der Waals surface area contributed by atoms with E-state index in [1.54, 1.807) is 4.68 Å². The molecule has 13 nitrogen and oxygen atoms in total. The number of methoxy groups -OCH3 is 1. The molecule has 38 heavy (non-hydrogen) atoms. The Hall–Kier alpha value is -4.98. The summed E-state index contributed by atoms with van der Waals surface area (Å²) in [6.07, 6.45) is 4.73. The van der Waals surface area contributed by atoms with Gasteiger partial charge in [-0.1, -0.05) is 18.2 Å². The molecule has 0 unspecified atom stereocenters. The second-order valence-corrected chi connectivity index (χ2v) is 8.39. The van der Waals surface area contributed by atoms with E-state index in [4.69, 9.17) is 16.3 Å². The number of piperazine rings is 1. The van der Waals surface area contributed by atoms with Gasteiger partial charge in [-0.15, -0.1) is 5.10 Å². The number of hydrazine groups is 1. The summed E-state index contributed by atoms with van der Waals surface area (Å²) in [5.41, 5.74) is 6.24. The van der Waals surface area contributed by atoms with E-state index in [-0.39, 0.29) is 41.4 Å². The van der Waals surface area contributed by atoms with Crippen molar-refractivity contribution in [3.63, 3.8) is 0 Å². The third-order valence-corrected chi connectivity index (χ3v) is 6.18. The molecule has 5 N–H and O–H groups in total. The van der Waals surface area contributed by atoms with Crippen LogP contribution in [0.5, 0.6) is 6.01 Å². The Balaban J connectivity index is 1.34. The monoisotopic (exact) mass is 520 g/mol. The minimum atomic E-state index is -0.840. The lowest BCUT2D eigenvalue weighted by Gasteiger charge is -2.34. The van der Waals surface area contributed by atoms with Crippen LogP contribution in [0.4, 0.5) is 16.2 Å².